The van der Waals surface area contributed by atoms with Gasteiger partial charge in [-0.05, 0) is 97.2 Å². The first kappa shape index (κ1) is 39.7. The highest BCUT2D eigenvalue weighted by molar-refractivity contribution is 6.10. The number of nitrogens with zero attached hydrogens (tertiary/aromatic N) is 3. The van der Waals surface area contributed by atoms with E-state index in [2.05, 4.69) is 249 Å². The Morgan fingerprint density at radius 3 is 1.56 bits per heavy atom. The van der Waals surface area contributed by atoms with Gasteiger partial charge in [0.2, 0.25) is 0 Å². The third kappa shape index (κ3) is 6.42. The number of para-hydroxylation sites is 3. The molecule has 0 saturated carbocycles. The van der Waals surface area contributed by atoms with Crippen LogP contribution in [0.15, 0.2) is 237 Å². The second-order valence-corrected chi connectivity index (χ2v) is 18.5. The summed E-state index contributed by atoms with van der Waals surface area (Å²) in [6, 6.07) is 85.5. The van der Waals surface area contributed by atoms with Crippen LogP contribution in [0.1, 0.15) is 25.0 Å². The van der Waals surface area contributed by atoms with Crippen LogP contribution in [0.2, 0.25) is 0 Å². The molecule has 3 heteroatoms. The topological polar surface area (TPSA) is 30.7 Å². The van der Waals surface area contributed by atoms with Crippen molar-refractivity contribution in [3.63, 3.8) is 0 Å². The molecule has 2 heterocycles. The molecule has 0 saturated heterocycles. The molecule has 0 spiro atoms. The number of hydrogen-bond donors (Lipinski definition) is 0. The van der Waals surface area contributed by atoms with Gasteiger partial charge in [0, 0.05) is 38.4 Å². The standard InChI is InChI=1S/C65H45N3/c1-65(2)56-27-16-26-51(63(56)55-39-47-19-6-7-20-48(47)40-57(55)65)44-35-37-45(38-36-44)58-41-59(67-64(66-58)46-17-4-3-5-18-46)52-23-9-8-21-49(52)42-31-33-43(34-32-42)50-22-10-13-28-60(50)68-61-29-14-11-24-53(61)54-25-12-15-30-62(54)68/h3-41H,1-2H3. The van der Waals surface area contributed by atoms with Crippen molar-refractivity contribution in [1.82, 2.24) is 14.5 Å². The molecule has 2 aromatic heterocycles. The SMILES string of the molecule is CC1(C)c2cc3ccccc3cc2-c2c(-c3ccc(-c4cc(-c5ccccc5-c5ccc(-c6ccccc6-n6c7ccccc7c7ccccc76)cc5)nc(-c5ccccc5)n4)cc3)cccc21. The summed E-state index contributed by atoms with van der Waals surface area (Å²) < 4.78 is 2.41. The number of aromatic nitrogens is 3. The molecule has 0 aliphatic heterocycles. The average Bonchev–Trinajstić information content (AvgIpc) is 3.86. The highest BCUT2D eigenvalue weighted by atomic mass is 15.0. The Morgan fingerprint density at radius 2 is 0.853 bits per heavy atom. The maximum atomic E-state index is 5.29. The van der Waals surface area contributed by atoms with Crippen molar-refractivity contribution in [2.24, 2.45) is 0 Å². The number of rotatable bonds is 7. The summed E-state index contributed by atoms with van der Waals surface area (Å²) in [6.45, 7) is 4.72. The van der Waals surface area contributed by atoms with Crippen molar-refractivity contribution in [3.8, 4) is 84.1 Å². The van der Waals surface area contributed by atoms with Crippen LogP contribution in [0.3, 0.4) is 0 Å². The van der Waals surface area contributed by atoms with Crippen molar-refractivity contribution in [2.75, 3.05) is 0 Å². The van der Waals surface area contributed by atoms with E-state index in [0.29, 0.717) is 5.82 Å². The second-order valence-electron chi connectivity index (χ2n) is 18.5. The predicted molar refractivity (Wildman–Crippen MR) is 284 cm³/mol. The van der Waals surface area contributed by atoms with Crippen LogP contribution < -0.4 is 0 Å². The molecule has 0 radical (unpaired) electrons. The first-order chi connectivity index (χ1) is 33.5. The van der Waals surface area contributed by atoms with Crippen LogP contribution in [-0.2, 0) is 5.41 Å². The predicted octanol–water partition coefficient (Wildman–Crippen LogP) is 17.0. The van der Waals surface area contributed by atoms with E-state index in [9.17, 15) is 0 Å². The Labute approximate surface area is 396 Å². The number of hydrogen-bond acceptors (Lipinski definition) is 2. The lowest BCUT2D eigenvalue weighted by molar-refractivity contribution is 0.661. The van der Waals surface area contributed by atoms with Crippen molar-refractivity contribution < 1.29 is 0 Å². The summed E-state index contributed by atoms with van der Waals surface area (Å²) in [4.78, 5) is 10.5. The van der Waals surface area contributed by atoms with Crippen LogP contribution in [-0.4, -0.2) is 14.5 Å². The monoisotopic (exact) mass is 867 g/mol. The molecular weight excluding hydrogens is 823 g/mol. The van der Waals surface area contributed by atoms with Gasteiger partial charge in [-0.25, -0.2) is 9.97 Å². The fraction of sp³-hybridized carbons (Fsp3) is 0.0462. The van der Waals surface area contributed by atoms with Gasteiger partial charge in [0.25, 0.3) is 0 Å². The average molecular weight is 868 g/mol. The third-order valence-corrected chi connectivity index (χ3v) is 14.3. The largest absolute Gasteiger partial charge is 0.309 e. The fourth-order valence-corrected chi connectivity index (χ4v) is 10.9. The highest BCUT2D eigenvalue weighted by Crippen LogP contribution is 2.53. The summed E-state index contributed by atoms with van der Waals surface area (Å²) in [5.74, 6) is 0.695. The molecule has 1 aliphatic rings. The van der Waals surface area contributed by atoms with Crippen molar-refractivity contribution >= 4 is 32.6 Å². The highest BCUT2D eigenvalue weighted by Gasteiger charge is 2.37. The van der Waals surface area contributed by atoms with Gasteiger partial charge >= 0.3 is 0 Å². The molecule has 1 aliphatic carbocycles. The zero-order valence-electron chi connectivity index (χ0n) is 37.9. The quantitative estimate of drug-likeness (QED) is 0.160. The van der Waals surface area contributed by atoms with Gasteiger partial charge in [0.15, 0.2) is 5.82 Å². The Balaban J connectivity index is 0.881. The number of benzene rings is 10. The van der Waals surface area contributed by atoms with E-state index in [0.717, 1.165) is 50.5 Å². The van der Waals surface area contributed by atoms with Crippen LogP contribution in [0.25, 0.3) is 117 Å². The molecule has 0 unspecified atom stereocenters. The summed E-state index contributed by atoms with van der Waals surface area (Å²) in [5, 5.41) is 5.06. The van der Waals surface area contributed by atoms with Gasteiger partial charge in [0.1, 0.15) is 0 Å². The lowest BCUT2D eigenvalue weighted by atomic mass is 9.81. The fourth-order valence-electron chi connectivity index (χ4n) is 10.9. The second kappa shape index (κ2) is 15.8. The molecule has 320 valence electrons. The normalized spacial score (nSPS) is 12.7. The van der Waals surface area contributed by atoms with E-state index in [1.807, 2.05) is 6.07 Å². The van der Waals surface area contributed by atoms with E-state index < -0.39 is 0 Å². The molecule has 0 bridgehead atoms. The maximum absolute atomic E-state index is 5.29. The van der Waals surface area contributed by atoms with Crippen LogP contribution in [0, 0.1) is 0 Å². The van der Waals surface area contributed by atoms with Crippen LogP contribution in [0.4, 0.5) is 0 Å². The van der Waals surface area contributed by atoms with E-state index in [1.54, 1.807) is 0 Å². The lowest BCUT2D eigenvalue weighted by Gasteiger charge is -2.22. The molecule has 0 amide bonds. The third-order valence-electron chi connectivity index (χ3n) is 14.3. The van der Waals surface area contributed by atoms with Gasteiger partial charge < -0.3 is 4.57 Å². The molecule has 68 heavy (non-hydrogen) atoms. The molecule has 12 aromatic rings. The summed E-state index contributed by atoms with van der Waals surface area (Å²) >= 11 is 0. The van der Waals surface area contributed by atoms with Crippen molar-refractivity contribution in [3.05, 3.63) is 248 Å². The van der Waals surface area contributed by atoms with Crippen LogP contribution >= 0.6 is 0 Å². The first-order valence-corrected chi connectivity index (χ1v) is 23.5. The Morgan fingerprint density at radius 1 is 0.338 bits per heavy atom. The maximum Gasteiger partial charge on any atom is 0.160 e. The number of fused-ring (bicyclic) bond motifs is 7. The van der Waals surface area contributed by atoms with E-state index >= 15 is 0 Å². The summed E-state index contributed by atoms with van der Waals surface area (Å²) in [5.41, 5.74) is 20.7. The van der Waals surface area contributed by atoms with Crippen molar-refractivity contribution in [1.29, 1.82) is 0 Å². The molecule has 0 atom stereocenters. The molecule has 3 nitrogen and oxygen atoms in total. The zero-order chi connectivity index (χ0) is 45.3. The van der Waals surface area contributed by atoms with Gasteiger partial charge in [-0.3, -0.25) is 0 Å². The van der Waals surface area contributed by atoms with E-state index in [1.165, 1.54) is 71.5 Å². The zero-order valence-corrected chi connectivity index (χ0v) is 37.9. The van der Waals surface area contributed by atoms with Crippen molar-refractivity contribution in [2.45, 2.75) is 19.3 Å². The van der Waals surface area contributed by atoms with Gasteiger partial charge in [0.05, 0.1) is 28.1 Å². The van der Waals surface area contributed by atoms with Crippen LogP contribution in [0.5, 0.6) is 0 Å². The Hall–Kier alpha value is -8.66. The van der Waals surface area contributed by atoms with E-state index in [-0.39, 0.29) is 5.41 Å². The molecule has 0 N–H and O–H groups in total. The minimum Gasteiger partial charge on any atom is -0.309 e. The Bertz CT molecular complexity index is 3860. The summed E-state index contributed by atoms with van der Waals surface area (Å²) in [7, 11) is 0. The van der Waals surface area contributed by atoms with Gasteiger partial charge in [-0.2, -0.15) is 0 Å². The minimum atomic E-state index is -0.103. The molecular formula is C65H45N3. The smallest absolute Gasteiger partial charge is 0.160 e. The molecule has 0 fully saturated rings. The van der Waals surface area contributed by atoms with Gasteiger partial charge in [-0.1, -0.05) is 214 Å². The minimum absolute atomic E-state index is 0.103. The van der Waals surface area contributed by atoms with E-state index in [4.69, 9.17) is 9.97 Å². The summed E-state index contributed by atoms with van der Waals surface area (Å²) in [6.07, 6.45) is 0. The van der Waals surface area contributed by atoms with Gasteiger partial charge in [-0.15, -0.1) is 0 Å². The first-order valence-electron chi connectivity index (χ1n) is 23.5. The molecule has 10 aromatic carbocycles. The lowest BCUT2D eigenvalue weighted by Crippen LogP contribution is -2.14. The Kier molecular flexibility index (Phi) is 9.19. The molecule has 13 rings (SSSR count).